The molecule has 156 valence electrons. The number of aliphatic hydroxyl groups is 1. The predicted molar refractivity (Wildman–Crippen MR) is 108 cm³/mol. The van der Waals surface area contributed by atoms with Crippen molar-refractivity contribution in [1.82, 2.24) is 9.80 Å². The van der Waals surface area contributed by atoms with Gasteiger partial charge in [0.1, 0.15) is 11.4 Å². The molecule has 0 aromatic heterocycles. The average Bonchev–Trinajstić information content (AvgIpc) is 3.26. The largest absolute Gasteiger partial charge is 0.435 e. The maximum atomic E-state index is 12.3. The first-order chi connectivity index (χ1) is 14.0. The van der Waals surface area contributed by atoms with Gasteiger partial charge < -0.3 is 9.84 Å². The molecule has 2 aliphatic heterocycles. The normalized spacial score (nSPS) is 26.1. The number of likely N-dealkylation sites (tertiary alicyclic amines) is 2. The van der Waals surface area contributed by atoms with Crippen LogP contribution in [-0.4, -0.2) is 53.7 Å². The molecule has 2 heterocycles. The number of ether oxygens (including phenoxy) is 1. The standard InChI is InChI=1S/C23H28F2N2O2/c24-22(25)29-20-10-8-18(9-11-20)16-26-15-12-23(28,19-6-2-1-3-7-19)21(17-26)27-13-4-5-14-27/h1-3,6-11,21-22,28H,4-5,12-17H2/t21-,23+/m1/s1. The third-order valence-corrected chi connectivity index (χ3v) is 6.20. The summed E-state index contributed by atoms with van der Waals surface area (Å²) in [4.78, 5) is 4.78. The van der Waals surface area contributed by atoms with Gasteiger partial charge in [0, 0.05) is 19.6 Å². The van der Waals surface area contributed by atoms with Gasteiger partial charge in [0.15, 0.2) is 0 Å². The van der Waals surface area contributed by atoms with Crippen molar-refractivity contribution in [2.24, 2.45) is 0 Å². The third-order valence-electron chi connectivity index (χ3n) is 6.20. The Morgan fingerprint density at radius 2 is 1.69 bits per heavy atom. The number of halogens is 2. The van der Waals surface area contributed by atoms with E-state index in [1.807, 2.05) is 42.5 Å². The number of hydrogen-bond donors (Lipinski definition) is 1. The van der Waals surface area contributed by atoms with Crippen molar-refractivity contribution in [1.29, 1.82) is 0 Å². The van der Waals surface area contributed by atoms with Crippen LogP contribution < -0.4 is 4.74 Å². The molecule has 0 spiro atoms. The molecule has 2 aromatic rings. The van der Waals surface area contributed by atoms with Gasteiger partial charge in [0.25, 0.3) is 0 Å². The van der Waals surface area contributed by atoms with Crippen molar-refractivity contribution in [3.8, 4) is 5.75 Å². The van der Waals surface area contributed by atoms with Crippen molar-refractivity contribution >= 4 is 0 Å². The van der Waals surface area contributed by atoms with Gasteiger partial charge in [-0.25, -0.2) is 0 Å². The lowest BCUT2D eigenvalue weighted by Gasteiger charge is -2.48. The van der Waals surface area contributed by atoms with Gasteiger partial charge in [-0.2, -0.15) is 8.78 Å². The van der Waals surface area contributed by atoms with E-state index in [2.05, 4.69) is 14.5 Å². The average molecular weight is 402 g/mol. The Hall–Kier alpha value is -2.02. The Morgan fingerprint density at radius 1 is 1.00 bits per heavy atom. The fraction of sp³-hybridized carbons (Fsp3) is 0.478. The zero-order valence-corrected chi connectivity index (χ0v) is 16.5. The molecule has 0 amide bonds. The SMILES string of the molecule is O[C@]1(c2ccccc2)CCN(Cc2ccc(OC(F)F)cc2)C[C@H]1N1CCCC1. The van der Waals surface area contributed by atoms with Crippen LogP contribution in [0.5, 0.6) is 5.75 Å². The van der Waals surface area contributed by atoms with Crippen molar-refractivity contribution in [3.63, 3.8) is 0 Å². The molecule has 0 radical (unpaired) electrons. The second kappa shape index (κ2) is 8.78. The Kier molecular flexibility index (Phi) is 6.13. The fourth-order valence-electron chi connectivity index (χ4n) is 4.69. The highest BCUT2D eigenvalue weighted by Crippen LogP contribution is 2.37. The Balaban J connectivity index is 1.49. The summed E-state index contributed by atoms with van der Waals surface area (Å²) in [7, 11) is 0. The first-order valence-corrected chi connectivity index (χ1v) is 10.3. The van der Waals surface area contributed by atoms with Gasteiger partial charge >= 0.3 is 6.61 Å². The van der Waals surface area contributed by atoms with Crippen LogP contribution in [0.4, 0.5) is 8.78 Å². The van der Waals surface area contributed by atoms with E-state index in [-0.39, 0.29) is 11.8 Å². The molecule has 0 bridgehead atoms. The summed E-state index contributed by atoms with van der Waals surface area (Å²) in [5.41, 5.74) is 1.19. The molecule has 2 aromatic carbocycles. The van der Waals surface area contributed by atoms with Crippen LogP contribution in [0.25, 0.3) is 0 Å². The summed E-state index contributed by atoms with van der Waals surface area (Å²) >= 11 is 0. The number of alkyl halides is 2. The van der Waals surface area contributed by atoms with Gasteiger partial charge in [-0.3, -0.25) is 9.80 Å². The summed E-state index contributed by atoms with van der Waals surface area (Å²) in [5, 5.41) is 11.7. The molecule has 0 saturated carbocycles. The lowest BCUT2D eigenvalue weighted by molar-refractivity contribution is -0.0959. The molecule has 2 fully saturated rings. The predicted octanol–water partition coefficient (Wildman–Crippen LogP) is 3.85. The highest BCUT2D eigenvalue weighted by Gasteiger charge is 2.46. The molecule has 2 aliphatic rings. The van der Waals surface area contributed by atoms with E-state index in [0.717, 1.165) is 43.9 Å². The molecule has 4 nitrogen and oxygen atoms in total. The maximum Gasteiger partial charge on any atom is 0.387 e. The monoisotopic (exact) mass is 402 g/mol. The molecule has 6 heteroatoms. The number of piperidine rings is 1. The molecule has 4 rings (SSSR count). The van der Waals surface area contributed by atoms with Gasteiger partial charge in [-0.15, -0.1) is 0 Å². The smallest absolute Gasteiger partial charge is 0.387 e. The second-order valence-corrected chi connectivity index (χ2v) is 8.06. The number of rotatable bonds is 6. The van der Waals surface area contributed by atoms with Gasteiger partial charge in [0.2, 0.25) is 0 Å². The van der Waals surface area contributed by atoms with Crippen LogP contribution in [0.1, 0.15) is 30.4 Å². The first-order valence-electron chi connectivity index (χ1n) is 10.3. The molecule has 2 saturated heterocycles. The number of hydrogen-bond acceptors (Lipinski definition) is 4. The minimum absolute atomic E-state index is 0.0441. The summed E-state index contributed by atoms with van der Waals surface area (Å²) in [6, 6.07) is 16.9. The minimum atomic E-state index is -2.81. The van der Waals surface area contributed by atoms with E-state index in [0.29, 0.717) is 6.42 Å². The molecule has 29 heavy (non-hydrogen) atoms. The van der Waals surface area contributed by atoms with Gasteiger partial charge in [0.05, 0.1) is 6.04 Å². The molecule has 2 atom stereocenters. The van der Waals surface area contributed by atoms with Crippen LogP contribution in [-0.2, 0) is 12.1 Å². The van der Waals surface area contributed by atoms with E-state index in [1.165, 1.54) is 12.8 Å². The van der Waals surface area contributed by atoms with Crippen molar-refractivity contribution in [3.05, 3.63) is 65.7 Å². The molecule has 0 aliphatic carbocycles. The van der Waals surface area contributed by atoms with Crippen molar-refractivity contribution < 1.29 is 18.6 Å². The molecular weight excluding hydrogens is 374 g/mol. The second-order valence-electron chi connectivity index (χ2n) is 8.06. The summed E-state index contributed by atoms with van der Waals surface area (Å²) in [6.45, 7) is 1.52. The van der Waals surface area contributed by atoms with E-state index < -0.39 is 12.2 Å². The zero-order valence-electron chi connectivity index (χ0n) is 16.5. The van der Waals surface area contributed by atoms with Crippen LogP contribution >= 0.6 is 0 Å². The lowest BCUT2D eigenvalue weighted by atomic mass is 9.79. The fourth-order valence-corrected chi connectivity index (χ4v) is 4.69. The topological polar surface area (TPSA) is 35.9 Å². The van der Waals surface area contributed by atoms with Crippen LogP contribution in [0, 0.1) is 0 Å². The van der Waals surface area contributed by atoms with Crippen molar-refractivity contribution in [2.45, 2.75) is 44.1 Å². The summed E-state index contributed by atoms with van der Waals surface area (Å²) < 4.78 is 29.1. The quantitative estimate of drug-likeness (QED) is 0.796. The maximum absolute atomic E-state index is 12.3. The molecule has 0 unspecified atom stereocenters. The van der Waals surface area contributed by atoms with Gasteiger partial charge in [-0.1, -0.05) is 42.5 Å². The summed E-state index contributed by atoms with van der Waals surface area (Å²) in [6.07, 6.45) is 3.02. The van der Waals surface area contributed by atoms with E-state index in [9.17, 15) is 13.9 Å². The number of nitrogens with zero attached hydrogens (tertiary/aromatic N) is 2. The highest BCUT2D eigenvalue weighted by atomic mass is 19.3. The van der Waals surface area contributed by atoms with E-state index in [1.54, 1.807) is 12.1 Å². The Labute approximate surface area is 170 Å². The van der Waals surface area contributed by atoms with Gasteiger partial charge in [-0.05, 0) is 55.6 Å². The van der Waals surface area contributed by atoms with E-state index >= 15 is 0 Å². The third kappa shape index (κ3) is 4.60. The molecule has 1 N–H and O–H groups in total. The minimum Gasteiger partial charge on any atom is -0.435 e. The molecular formula is C23H28F2N2O2. The zero-order chi connectivity index (χ0) is 20.3. The van der Waals surface area contributed by atoms with E-state index in [4.69, 9.17) is 0 Å². The van der Waals surface area contributed by atoms with Crippen LogP contribution in [0.3, 0.4) is 0 Å². The van der Waals surface area contributed by atoms with Crippen molar-refractivity contribution in [2.75, 3.05) is 26.2 Å². The van der Waals surface area contributed by atoms with Crippen LogP contribution in [0.15, 0.2) is 54.6 Å². The number of benzene rings is 2. The highest BCUT2D eigenvalue weighted by molar-refractivity contribution is 5.28. The first kappa shape index (κ1) is 20.3. The Morgan fingerprint density at radius 3 is 2.34 bits per heavy atom. The summed E-state index contributed by atoms with van der Waals surface area (Å²) in [5.74, 6) is 0.177. The van der Waals surface area contributed by atoms with Crippen LogP contribution in [0.2, 0.25) is 0 Å². The lowest BCUT2D eigenvalue weighted by Crippen LogP contribution is -2.60. The Bertz CT molecular complexity index is 781.